The average Bonchev–Trinajstić information content (AvgIpc) is 1.47. The zero-order valence-corrected chi connectivity index (χ0v) is 76.4. The van der Waals surface area contributed by atoms with Gasteiger partial charge in [-0.15, -0.1) is 25.5 Å². The van der Waals surface area contributed by atoms with Crippen LogP contribution in [0.4, 0.5) is 29.7 Å². The van der Waals surface area contributed by atoms with Crippen molar-refractivity contribution < 1.29 is 19.5 Å². The molecule has 0 bridgehead atoms. The Hall–Kier alpha value is -12.3. The lowest BCUT2D eigenvalue weighted by molar-refractivity contribution is -0.122. The van der Waals surface area contributed by atoms with Crippen LogP contribution in [0.15, 0.2) is 157 Å². The number of fused-ring (bicyclic) bond motifs is 1. The lowest BCUT2D eigenvalue weighted by Gasteiger charge is -2.17. The Bertz CT molecular complexity index is 5450. The van der Waals surface area contributed by atoms with E-state index in [0.717, 1.165) is 195 Å². The fourth-order valence-corrected chi connectivity index (χ4v) is 17.5. The first kappa shape index (κ1) is 101. The number of aryl methyl sites for hydroxylation is 15. The lowest BCUT2D eigenvalue weighted by Crippen LogP contribution is -2.38. The minimum absolute atomic E-state index is 0. The third-order valence-electron chi connectivity index (χ3n) is 22.0. The molecule has 3 aliphatic rings. The largest absolute Gasteiger partial charge is 0.368 e. The molecule has 4 atom stereocenters. The third-order valence-corrected chi connectivity index (χ3v) is 23.5. The SMILES string of the molecule is C.C#CCCC1(CCC(=O)NCCCc2nc(N)nc(C)c2-c2cccc(C)c2)N=N1.C=CCCC(=O)NCCCc1nc(N)nc(C)c1-c1cccc(C)c1.C=CCCc1nc(N)nc(C)c1-c1cccc(C)c1.Cc1cccc(-c2c(C)nc(N)nc2CCCN)c1.Cc1cccc(-c2c(C)nc(N)nc2CCCNC(=O)CCCCC2SCC3NC(O)NC32)c1. The van der Waals surface area contributed by atoms with Gasteiger partial charge in [-0.05, 0) is 187 Å². The average molecular weight is 1750 g/mol. The number of carbonyl (C=O) groups excluding carboxylic acids is 3. The first-order valence-electron chi connectivity index (χ1n) is 44.0. The number of aliphatic hydroxyl groups excluding tert-OH is 1. The van der Waals surface area contributed by atoms with Crippen molar-refractivity contribution in [3.8, 4) is 68.0 Å². The van der Waals surface area contributed by atoms with Gasteiger partial charge in [0.2, 0.25) is 47.5 Å². The van der Waals surface area contributed by atoms with E-state index < -0.39 is 12.0 Å². The first-order valence-corrected chi connectivity index (χ1v) is 45.0. The van der Waals surface area contributed by atoms with Crippen molar-refractivity contribution in [3.05, 3.63) is 231 Å². The molecule has 3 amide bonds. The Morgan fingerprint density at radius 3 is 1.12 bits per heavy atom. The molecule has 678 valence electrons. The zero-order chi connectivity index (χ0) is 91.5. The number of rotatable bonds is 36. The third kappa shape index (κ3) is 31.4. The summed E-state index contributed by atoms with van der Waals surface area (Å²) in [7, 11) is 0. The molecule has 128 heavy (non-hydrogen) atoms. The molecule has 0 saturated carbocycles. The van der Waals surface area contributed by atoms with E-state index in [2.05, 4.69) is 237 Å². The first-order chi connectivity index (χ1) is 61.1. The topological polar surface area (TPSA) is 441 Å². The summed E-state index contributed by atoms with van der Waals surface area (Å²) in [5.41, 5.74) is 60.4. The molecule has 13 rings (SSSR count). The molecule has 28 heteroatoms. The number of benzene rings is 5. The van der Waals surface area contributed by atoms with Gasteiger partial charge in [0.1, 0.15) is 0 Å². The van der Waals surface area contributed by atoms with Crippen LogP contribution in [0, 0.1) is 81.6 Å². The fraction of sp³-hybridized carbons (Fsp3) is 0.410. The molecule has 4 unspecified atom stereocenters. The quantitative estimate of drug-likeness (QED) is 0.00985. The maximum Gasteiger partial charge on any atom is 0.220 e. The normalized spacial score (nSPS) is 14.7. The van der Waals surface area contributed by atoms with Crippen molar-refractivity contribution in [3.63, 3.8) is 0 Å². The van der Waals surface area contributed by atoms with Crippen LogP contribution in [0.2, 0.25) is 0 Å². The van der Waals surface area contributed by atoms with E-state index in [-0.39, 0.29) is 37.0 Å². The van der Waals surface area contributed by atoms with Gasteiger partial charge in [0.15, 0.2) is 12.0 Å². The number of allylic oxidation sites excluding steroid dienone is 2. The summed E-state index contributed by atoms with van der Waals surface area (Å²) >= 11 is 1.96. The number of hydrogen-bond acceptors (Lipinski definition) is 25. The van der Waals surface area contributed by atoms with Crippen LogP contribution in [0.25, 0.3) is 55.6 Å². The van der Waals surface area contributed by atoms with E-state index in [1.165, 1.54) is 27.8 Å². The number of aromatic nitrogens is 10. The van der Waals surface area contributed by atoms with Gasteiger partial charge in [-0.25, -0.2) is 49.8 Å². The molecular formula is C100H133N23O4S. The number of hydrogen-bond donors (Lipinski definition) is 12. The molecule has 0 radical (unpaired) electrons. The smallest absolute Gasteiger partial charge is 0.220 e. The number of amides is 3. The van der Waals surface area contributed by atoms with Gasteiger partial charge >= 0.3 is 0 Å². The molecule has 0 aliphatic carbocycles. The van der Waals surface area contributed by atoms with Crippen LogP contribution in [0.3, 0.4) is 0 Å². The van der Waals surface area contributed by atoms with Crippen molar-refractivity contribution in [1.29, 1.82) is 0 Å². The highest BCUT2D eigenvalue weighted by Crippen LogP contribution is 2.39. The number of nitrogens with one attached hydrogen (secondary N) is 5. The Balaban J connectivity index is 0.000000201. The number of carbonyl (C=O) groups is 3. The van der Waals surface area contributed by atoms with Crippen molar-refractivity contribution in [2.75, 3.05) is 60.6 Å². The minimum atomic E-state index is -0.584. The Kier molecular flexibility index (Phi) is 40.2. The van der Waals surface area contributed by atoms with Crippen molar-refractivity contribution >= 4 is 59.2 Å². The predicted octanol–water partition coefficient (Wildman–Crippen LogP) is 15.7. The molecule has 5 aromatic heterocycles. The number of terminal acetylenes is 1. The number of nitrogens with zero attached hydrogens (tertiary/aromatic N) is 12. The Morgan fingerprint density at radius 2 is 0.797 bits per heavy atom. The second-order valence-corrected chi connectivity index (χ2v) is 33.8. The minimum Gasteiger partial charge on any atom is -0.368 e. The monoisotopic (exact) mass is 1750 g/mol. The van der Waals surface area contributed by atoms with Crippen LogP contribution in [-0.2, 0) is 46.5 Å². The predicted molar refractivity (Wildman–Crippen MR) is 522 cm³/mol. The summed E-state index contributed by atoms with van der Waals surface area (Å²) in [6.45, 7) is 30.0. The summed E-state index contributed by atoms with van der Waals surface area (Å²) in [5.74, 6) is 5.32. The van der Waals surface area contributed by atoms with E-state index >= 15 is 0 Å². The van der Waals surface area contributed by atoms with Gasteiger partial charge in [0, 0.05) is 109 Å². The van der Waals surface area contributed by atoms with Crippen molar-refractivity contribution in [2.24, 2.45) is 16.0 Å². The summed E-state index contributed by atoms with van der Waals surface area (Å²) in [4.78, 5) is 79.9. The van der Waals surface area contributed by atoms with Gasteiger partial charge in [-0.3, -0.25) is 25.0 Å². The molecule has 3 aliphatic heterocycles. The number of unbranched alkanes of at least 4 members (excludes halogenated alkanes) is 1. The van der Waals surface area contributed by atoms with E-state index in [9.17, 15) is 19.5 Å². The van der Waals surface area contributed by atoms with E-state index in [1.54, 1.807) is 6.08 Å². The van der Waals surface area contributed by atoms with Crippen LogP contribution in [-0.4, -0.2) is 134 Å². The highest BCUT2D eigenvalue weighted by atomic mass is 32.2. The summed E-state index contributed by atoms with van der Waals surface area (Å²) < 4.78 is 0. The van der Waals surface area contributed by atoms with Gasteiger partial charge in [0.25, 0.3) is 0 Å². The highest BCUT2D eigenvalue weighted by Gasteiger charge is 2.43. The van der Waals surface area contributed by atoms with Crippen LogP contribution < -0.4 is 61.0 Å². The molecular weight excluding hydrogens is 1620 g/mol. The van der Waals surface area contributed by atoms with Crippen LogP contribution >= 0.6 is 11.8 Å². The summed E-state index contributed by atoms with van der Waals surface area (Å²) in [6.07, 6.45) is 23.4. The number of nitrogen functional groups attached to an aromatic ring is 5. The molecule has 2 fully saturated rings. The maximum absolute atomic E-state index is 12.3. The number of anilines is 5. The Labute approximate surface area is 761 Å². The molecule has 18 N–H and O–H groups in total. The lowest BCUT2D eigenvalue weighted by atomic mass is 9.98. The molecule has 8 heterocycles. The van der Waals surface area contributed by atoms with E-state index in [4.69, 9.17) is 40.8 Å². The van der Waals surface area contributed by atoms with E-state index in [0.29, 0.717) is 113 Å². The molecule has 2 saturated heterocycles. The van der Waals surface area contributed by atoms with Gasteiger partial charge in [-0.2, -0.15) is 22.0 Å². The molecule has 10 aromatic rings. The molecule has 27 nitrogen and oxygen atoms in total. The second kappa shape index (κ2) is 50.9. The fourth-order valence-electron chi connectivity index (χ4n) is 15.9. The zero-order valence-electron chi connectivity index (χ0n) is 75.6. The Morgan fingerprint density at radius 1 is 0.461 bits per heavy atom. The maximum atomic E-state index is 12.3. The number of aliphatic hydroxyl groups is 1. The highest BCUT2D eigenvalue weighted by molar-refractivity contribution is 8.00. The standard InChI is InChI=1S/C25H36N6O2S.C23H28N6O.C20H26N4O.C16H19N3.C15H20N4.CH4/c1-15-7-5-8-17(13-15)22-16(2)28-24(26)29-18(22)9-6-12-27-21(32)11-4-3-10-20-23-19(14-34-20)30-25(33)31-23;1-4-5-12-23(28-29-23)13-11-20(30)25-14-7-10-19-21(17(3)26-22(24)27-19)18-9-6-8-16(2)15-18;1-4-5-11-18(25)22-12-7-10-17-19(15(3)23-20(21)24-17)16-9-6-8-14(2)13-16;1-4-5-9-14-15(12(3)18-16(17)19-14)13-8-6-7-11(2)10-13;1-10-5-3-6-12(9-10)14-11(2)18-15(17)19-13(14)7-4-8-16;/h5,7-8,13,19-20,23,25,30-31,33H,3-4,6,9-12,14H2,1-2H3,(H,27,32)(H2,26,28,29);1,6,8-9,15H,5,7,10-14H2,2-3H3,(H,25,30)(H2,24,26,27);4,6,8-9,13H,1,5,7,10-12H2,2-3H3,(H,22,25)(H2,21,23,24);4,6-8,10H,1,5,9H2,2-3H3,(H2,17,18,19);3,5-6,9H,4,7-8,16H2,1-2H3,(H2,17,18,19);1H4. The van der Waals surface area contributed by atoms with Crippen LogP contribution in [0.5, 0.6) is 0 Å². The number of thioether (sulfide) groups is 1. The summed E-state index contributed by atoms with van der Waals surface area (Å²) in [6, 6.07) is 42.3. The molecule has 0 spiro atoms. The van der Waals surface area contributed by atoms with Gasteiger partial charge < -0.3 is 55.5 Å². The van der Waals surface area contributed by atoms with Crippen molar-refractivity contribution in [1.82, 2.24) is 76.4 Å². The van der Waals surface area contributed by atoms with Gasteiger partial charge in [-0.1, -0.05) is 175 Å². The van der Waals surface area contributed by atoms with Crippen molar-refractivity contribution in [2.45, 2.75) is 234 Å². The van der Waals surface area contributed by atoms with Gasteiger partial charge in [0.05, 0.1) is 56.9 Å². The molecule has 5 aromatic carbocycles. The summed E-state index contributed by atoms with van der Waals surface area (Å²) in [5, 5.41) is 33.6. The second-order valence-electron chi connectivity index (χ2n) is 32.6. The van der Waals surface area contributed by atoms with E-state index in [1.807, 2.05) is 76.7 Å². The number of nitrogens with two attached hydrogens (primary N) is 6. The van der Waals surface area contributed by atoms with Crippen LogP contribution in [0.1, 0.15) is 188 Å².